The Morgan fingerprint density at radius 3 is 3.00 bits per heavy atom. The molecule has 5 nitrogen and oxygen atoms in total. The first kappa shape index (κ1) is 9.22. The highest BCUT2D eigenvalue weighted by Crippen LogP contribution is 2.25. The molecule has 0 aromatic carbocycles. The van der Waals surface area contributed by atoms with Gasteiger partial charge in [-0.05, 0) is 0 Å². The number of thiocarbonyl (C=S) groups is 1. The number of amides is 1. The van der Waals surface area contributed by atoms with Crippen molar-refractivity contribution < 1.29 is 14.3 Å². The highest BCUT2D eigenvalue weighted by Gasteiger charge is 2.22. The summed E-state index contributed by atoms with van der Waals surface area (Å²) >= 11 is 5.91. The van der Waals surface area contributed by atoms with E-state index in [1.165, 1.54) is 6.08 Å². The number of thioether (sulfide) groups is 1. The smallest absolute Gasteiger partial charge is 0.263 e. The summed E-state index contributed by atoms with van der Waals surface area (Å²) < 4.78 is 5.24. The summed E-state index contributed by atoms with van der Waals surface area (Å²) in [4.78, 5) is 15.2. The van der Waals surface area contributed by atoms with E-state index in [1.54, 1.807) is 0 Å². The van der Waals surface area contributed by atoms with Crippen molar-refractivity contribution in [2.24, 2.45) is 0 Å². The largest absolute Gasteiger partial charge is 0.491 e. The maximum atomic E-state index is 11.2. The van der Waals surface area contributed by atoms with Crippen molar-refractivity contribution in [3.63, 3.8) is 0 Å². The Morgan fingerprint density at radius 1 is 1.71 bits per heavy atom. The van der Waals surface area contributed by atoms with Gasteiger partial charge >= 0.3 is 0 Å². The molecule has 2 N–H and O–H groups in total. The van der Waals surface area contributed by atoms with E-state index in [9.17, 15) is 4.79 Å². The highest BCUT2D eigenvalue weighted by molar-refractivity contribution is 8.26. The normalized spacial score (nSPS) is 19.0. The number of nitrogens with zero attached hydrogens (tertiary/aromatic N) is 1. The molecule has 14 heavy (non-hydrogen) atoms. The zero-order chi connectivity index (χ0) is 10.1. The summed E-state index contributed by atoms with van der Waals surface area (Å²) in [6.45, 7) is 0. The molecule has 0 atom stereocenters. The van der Waals surface area contributed by atoms with Crippen LogP contribution < -0.4 is 5.32 Å². The van der Waals surface area contributed by atoms with Crippen molar-refractivity contribution in [3.8, 4) is 5.88 Å². The minimum absolute atomic E-state index is 0.171. The second kappa shape index (κ2) is 3.43. The van der Waals surface area contributed by atoms with E-state index < -0.39 is 0 Å². The fraction of sp³-hybridized carbons (Fsp3) is 0. The molecule has 0 saturated carbocycles. The summed E-state index contributed by atoms with van der Waals surface area (Å²) in [7, 11) is 0. The summed E-state index contributed by atoms with van der Waals surface area (Å²) in [5, 5.41) is 11.3. The second-order valence-corrected chi connectivity index (χ2v) is 4.12. The lowest BCUT2D eigenvalue weighted by atomic mass is 10.4. The summed E-state index contributed by atoms with van der Waals surface area (Å²) in [6.07, 6.45) is 2.50. The standard InChI is InChI=1S/C7H4N2O3S2/c10-4-2-12-5(8-4)1-3-6(11)9-7(13)14-3/h1-2,10H,(H,9,11,13)/b3-1-. The third kappa shape index (κ3) is 1.78. The molecule has 1 aromatic rings. The minimum Gasteiger partial charge on any atom is -0.491 e. The average molecular weight is 228 g/mol. The number of hydrogen-bond donors (Lipinski definition) is 2. The Bertz CT molecular complexity index is 438. The van der Waals surface area contributed by atoms with Crippen LogP contribution >= 0.6 is 24.0 Å². The molecule has 1 fully saturated rings. The lowest BCUT2D eigenvalue weighted by Crippen LogP contribution is -2.17. The predicted molar refractivity (Wildman–Crippen MR) is 54.5 cm³/mol. The van der Waals surface area contributed by atoms with Crippen molar-refractivity contribution in [2.75, 3.05) is 0 Å². The van der Waals surface area contributed by atoms with Crippen LogP contribution in [0.15, 0.2) is 15.6 Å². The van der Waals surface area contributed by atoms with Crippen molar-refractivity contribution in [2.45, 2.75) is 0 Å². The fourth-order valence-corrected chi connectivity index (χ4v) is 1.89. The molecule has 1 aromatic heterocycles. The van der Waals surface area contributed by atoms with Gasteiger partial charge in [0.1, 0.15) is 4.32 Å². The molecule has 2 rings (SSSR count). The van der Waals surface area contributed by atoms with Crippen LogP contribution in [0.2, 0.25) is 0 Å². The van der Waals surface area contributed by atoms with Gasteiger partial charge in [-0.25, -0.2) is 0 Å². The molecule has 1 aliphatic heterocycles. The molecule has 0 radical (unpaired) electrons. The van der Waals surface area contributed by atoms with Gasteiger partial charge in [0.2, 0.25) is 5.89 Å². The van der Waals surface area contributed by atoms with Gasteiger partial charge in [0.15, 0.2) is 6.26 Å². The van der Waals surface area contributed by atoms with E-state index in [4.69, 9.17) is 21.7 Å². The van der Waals surface area contributed by atoms with Crippen LogP contribution in [-0.2, 0) is 4.79 Å². The third-order valence-corrected chi connectivity index (χ3v) is 2.57. The van der Waals surface area contributed by atoms with Crippen molar-refractivity contribution in [1.29, 1.82) is 0 Å². The Balaban J connectivity index is 2.27. The van der Waals surface area contributed by atoms with Crippen LogP contribution in [0.4, 0.5) is 0 Å². The third-order valence-electron chi connectivity index (χ3n) is 1.41. The fourth-order valence-electron chi connectivity index (χ4n) is 0.878. The maximum Gasteiger partial charge on any atom is 0.263 e. The predicted octanol–water partition coefficient (Wildman–Crippen LogP) is 0.869. The molecule has 2 heterocycles. The molecule has 1 aliphatic rings. The maximum absolute atomic E-state index is 11.2. The summed E-state index contributed by atoms with van der Waals surface area (Å²) in [5.74, 6) is -0.328. The Hall–Kier alpha value is -1.34. The van der Waals surface area contributed by atoms with E-state index in [0.29, 0.717) is 9.23 Å². The van der Waals surface area contributed by atoms with Crippen LogP contribution in [0.25, 0.3) is 6.08 Å². The number of rotatable bonds is 1. The van der Waals surface area contributed by atoms with Gasteiger partial charge in [0, 0.05) is 6.08 Å². The van der Waals surface area contributed by atoms with E-state index in [0.717, 1.165) is 18.0 Å². The summed E-state index contributed by atoms with van der Waals surface area (Å²) in [6, 6.07) is 0. The quantitative estimate of drug-likeness (QED) is 0.548. The van der Waals surface area contributed by atoms with Crippen LogP contribution in [0, 0.1) is 0 Å². The van der Waals surface area contributed by atoms with E-state index in [-0.39, 0.29) is 17.7 Å². The van der Waals surface area contributed by atoms with Crippen LogP contribution in [-0.4, -0.2) is 20.3 Å². The average Bonchev–Trinajstić information content (AvgIpc) is 2.61. The first-order valence-corrected chi connectivity index (χ1v) is 4.77. The first-order valence-electron chi connectivity index (χ1n) is 3.54. The van der Waals surface area contributed by atoms with E-state index >= 15 is 0 Å². The van der Waals surface area contributed by atoms with E-state index in [1.807, 2.05) is 0 Å². The zero-order valence-electron chi connectivity index (χ0n) is 6.68. The van der Waals surface area contributed by atoms with Crippen molar-refractivity contribution in [3.05, 3.63) is 17.1 Å². The van der Waals surface area contributed by atoms with Gasteiger partial charge in [-0.15, -0.1) is 0 Å². The number of carbonyl (C=O) groups is 1. The Morgan fingerprint density at radius 2 is 2.50 bits per heavy atom. The molecule has 0 aliphatic carbocycles. The van der Waals surface area contributed by atoms with E-state index in [2.05, 4.69) is 10.3 Å². The van der Waals surface area contributed by atoms with Gasteiger partial charge in [0.05, 0.1) is 4.91 Å². The first-order chi connectivity index (χ1) is 6.65. The van der Waals surface area contributed by atoms with Crippen LogP contribution in [0.1, 0.15) is 5.89 Å². The van der Waals surface area contributed by atoms with Crippen molar-refractivity contribution in [1.82, 2.24) is 10.3 Å². The van der Waals surface area contributed by atoms with Gasteiger partial charge in [-0.2, -0.15) is 4.98 Å². The van der Waals surface area contributed by atoms with Gasteiger partial charge < -0.3 is 14.8 Å². The Labute approximate surface area is 88.2 Å². The monoisotopic (exact) mass is 228 g/mol. The molecule has 0 bridgehead atoms. The Kier molecular flexibility index (Phi) is 2.26. The van der Waals surface area contributed by atoms with Gasteiger partial charge in [-0.3, -0.25) is 4.79 Å². The molecule has 72 valence electrons. The number of aromatic hydroxyl groups is 1. The molecular weight excluding hydrogens is 224 g/mol. The molecule has 7 heteroatoms. The highest BCUT2D eigenvalue weighted by atomic mass is 32.2. The minimum atomic E-state index is -0.280. The SMILES string of the molecule is O=C1NC(=S)S/C1=C\c1nc(O)co1. The lowest BCUT2D eigenvalue weighted by Gasteiger charge is -1.86. The van der Waals surface area contributed by atoms with Gasteiger partial charge in [0.25, 0.3) is 11.8 Å². The number of oxazole rings is 1. The molecule has 1 saturated heterocycles. The molecule has 0 spiro atoms. The number of aromatic nitrogens is 1. The molecular formula is C7H4N2O3S2. The topological polar surface area (TPSA) is 75.4 Å². The number of hydrogen-bond acceptors (Lipinski definition) is 6. The van der Waals surface area contributed by atoms with Gasteiger partial charge in [-0.1, -0.05) is 24.0 Å². The molecule has 0 unspecified atom stereocenters. The van der Waals surface area contributed by atoms with Crippen LogP contribution in [0.3, 0.4) is 0 Å². The number of nitrogens with one attached hydrogen (secondary N) is 1. The lowest BCUT2D eigenvalue weighted by molar-refractivity contribution is -0.115. The zero-order valence-corrected chi connectivity index (χ0v) is 8.32. The van der Waals surface area contributed by atoms with Crippen LogP contribution in [0.5, 0.6) is 5.88 Å². The summed E-state index contributed by atoms with van der Waals surface area (Å²) in [5.41, 5.74) is 0. The number of carbonyl (C=O) groups excluding carboxylic acids is 1. The molecule has 1 amide bonds. The van der Waals surface area contributed by atoms with Crippen molar-refractivity contribution >= 4 is 40.3 Å². The second-order valence-electron chi connectivity index (χ2n) is 2.40.